The molecule has 0 amide bonds. The molecule has 27 valence electrons. The SMILES string of the molecule is O=[C-][O-].[Na+].[Y].[Y].[Y]. The third kappa shape index (κ3) is 41.4. The van der Waals surface area contributed by atoms with Crippen LogP contribution in [0.3, 0.4) is 0 Å². The Kier molecular flexibility index (Phi) is 145. The van der Waals surface area contributed by atoms with Gasteiger partial charge in [-0.3, -0.25) is 0 Å². The minimum absolute atomic E-state index is 0. The number of hydrogen-bond acceptors (Lipinski definition) is 2. The zero-order valence-corrected chi connectivity index (χ0v) is 14.6. The fourth-order valence-electron chi connectivity index (χ4n) is 0. The Morgan fingerprint density at radius 1 is 1.14 bits per heavy atom. The Hall–Kier alpha value is 3.78. The van der Waals surface area contributed by atoms with Gasteiger partial charge in [0.2, 0.25) is 0 Å². The first-order valence-electron chi connectivity index (χ1n) is 0.408. The Balaban J connectivity index is -0.00000000333. The summed E-state index contributed by atoms with van der Waals surface area (Å²) >= 11 is 0. The standard InChI is InChI=1S/CO2.Na.3Y/c2-1-3;;;;/q-2;+1;;;. The van der Waals surface area contributed by atoms with Gasteiger partial charge in [0.15, 0.2) is 0 Å². The van der Waals surface area contributed by atoms with E-state index in [1.807, 2.05) is 0 Å². The molecular formula is CNaO2Y3-. The van der Waals surface area contributed by atoms with Crippen molar-refractivity contribution in [3.63, 3.8) is 0 Å². The summed E-state index contributed by atoms with van der Waals surface area (Å²) in [6, 6.07) is 0. The summed E-state index contributed by atoms with van der Waals surface area (Å²) in [7, 11) is 0. The van der Waals surface area contributed by atoms with Gasteiger partial charge in [0.05, 0.1) is 0 Å². The number of hydrogen-bond donors (Lipinski definition) is 0. The molecule has 0 fully saturated rings. The fourth-order valence-corrected chi connectivity index (χ4v) is 0. The zero-order chi connectivity index (χ0) is 2.71. The first-order chi connectivity index (χ1) is 1.41. The minimum Gasteiger partial charge on any atom is -0.794 e. The largest absolute Gasteiger partial charge is 1.00 e. The molecule has 0 aliphatic heterocycles. The van der Waals surface area contributed by atoms with Crippen LogP contribution >= 0.6 is 0 Å². The van der Waals surface area contributed by atoms with Crippen molar-refractivity contribution in [3.05, 3.63) is 0 Å². The molecule has 0 atom stereocenters. The van der Waals surface area contributed by atoms with Gasteiger partial charge in [0.1, 0.15) is 0 Å². The first-order valence-corrected chi connectivity index (χ1v) is 0.408. The second-order valence-electron chi connectivity index (χ2n) is 0.0833. The van der Waals surface area contributed by atoms with Crippen LogP contribution in [0.2, 0.25) is 0 Å². The van der Waals surface area contributed by atoms with Gasteiger partial charge >= 0.3 is 29.6 Å². The van der Waals surface area contributed by atoms with E-state index < -0.39 is 0 Å². The van der Waals surface area contributed by atoms with Gasteiger partial charge in [-0.15, -0.1) is 0 Å². The van der Waals surface area contributed by atoms with Gasteiger partial charge in [-0.25, -0.2) is 0 Å². The monoisotopic (exact) mass is 334 g/mol. The molecule has 0 unspecified atom stereocenters. The maximum Gasteiger partial charge on any atom is 1.00 e. The van der Waals surface area contributed by atoms with E-state index in [2.05, 4.69) is 0 Å². The minimum atomic E-state index is 0. The van der Waals surface area contributed by atoms with Crippen LogP contribution in [0.5, 0.6) is 0 Å². The van der Waals surface area contributed by atoms with Crippen molar-refractivity contribution in [2.24, 2.45) is 0 Å². The molecule has 2 nitrogen and oxygen atoms in total. The molecule has 0 N–H and O–H groups in total. The van der Waals surface area contributed by atoms with Crippen LogP contribution in [0.1, 0.15) is 0 Å². The van der Waals surface area contributed by atoms with Gasteiger partial charge in [-0.05, 0) is 0 Å². The zero-order valence-electron chi connectivity index (χ0n) is 4.05. The van der Waals surface area contributed by atoms with Crippen LogP contribution < -0.4 is 34.7 Å². The van der Waals surface area contributed by atoms with Crippen LogP contribution in [-0.4, -0.2) is 6.47 Å². The fraction of sp³-hybridized carbons (Fsp3) is 0. The summed E-state index contributed by atoms with van der Waals surface area (Å²) in [4.78, 5) is 8.12. The average Bonchev–Trinajstić information content (AvgIpc) is 0.918. The van der Waals surface area contributed by atoms with Crippen LogP contribution in [-0.2, 0) is 103 Å². The Bertz CT molecular complexity index is 20.4. The van der Waals surface area contributed by atoms with Crippen LogP contribution in [0, 0.1) is 0 Å². The number of rotatable bonds is 0. The van der Waals surface area contributed by atoms with Crippen molar-refractivity contribution < 1.29 is 138 Å². The second-order valence-corrected chi connectivity index (χ2v) is 0.0833. The third-order valence-corrected chi connectivity index (χ3v) is 0. The molecule has 0 aromatic heterocycles. The first kappa shape index (κ1) is 30.9. The van der Waals surface area contributed by atoms with Crippen molar-refractivity contribution in [2.75, 3.05) is 0 Å². The van der Waals surface area contributed by atoms with E-state index in [0.717, 1.165) is 0 Å². The average molecular weight is 334 g/mol. The van der Waals surface area contributed by atoms with E-state index in [1.54, 1.807) is 0 Å². The van der Waals surface area contributed by atoms with Crippen LogP contribution in [0.4, 0.5) is 0 Å². The van der Waals surface area contributed by atoms with Gasteiger partial charge in [0.25, 0.3) is 0 Å². The predicted molar refractivity (Wildman–Crippen MR) is 5.69 cm³/mol. The molecular weight excluding hydrogens is 334 g/mol. The van der Waals surface area contributed by atoms with Crippen molar-refractivity contribution in [1.82, 2.24) is 0 Å². The smallest absolute Gasteiger partial charge is 0.794 e. The van der Waals surface area contributed by atoms with Gasteiger partial charge in [-0.2, -0.15) is 0 Å². The summed E-state index contributed by atoms with van der Waals surface area (Å²) < 4.78 is 0. The van der Waals surface area contributed by atoms with E-state index in [9.17, 15) is 0 Å². The normalized spacial score (nSPS) is 1.71. The molecule has 6 heteroatoms. The summed E-state index contributed by atoms with van der Waals surface area (Å²) in [5.74, 6) is 0. The number of carbonyl (C=O) groups excluding carboxylic acids is 1. The molecule has 0 saturated heterocycles. The van der Waals surface area contributed by atoms with E-state index in [4.69, 9.17) is 9.90 Å². The topological polar surface area (TPSA) is 40.1 Å². The maximum atomic E-state index is 8.12. The van der Waals surface area contributed by atoms with E-state index in [-0.39, 0.29) is 134 Å². The quantitative estimate of drug-likeness (QED) is 0.330. The van der Waals surface area contributed by atoms with Crippen LogP contribution in [0.15, 0.2) is 0 Å². The summed E-state index contributed by atoms with van der Waals surface area (Å²) in [5.41, 5.74) is 0. The molecule has 0 spiro atoms. The van der Waals surface area contributed by atoms with Gasteiger partial charge < -0.3 is 16.4 Å². The molecule has 7 heavy (non-hydrogen) atoms. The van der Waals surface area contributed by atoms with Crippen molar-refractivity contribution >= 4 is 6.47 Å². The summed E-state index contributed by atoms with van der Waals surface area (Å²) in [6.45, 7) is 0.250. The molecule has 0 aliphatic carbocycles. The Morgan fingerprint density at radius 3 is 1.14 bits per heavy atom. The summed E-state index contributed by atoms with van der Waals surface area (Å²) in [5, 5.41) is 8.12. The maximum absolute atomic E-state index is 8.12. The van der Waals surface area contributed by atoms with Crippen molar-refractivity contribution in [3.8, 4) is 0 Å². The van der Waals surface area contributed by atoms with Gasteiger partial charge in [0, 0.05) is 98.1 Å². The van der Waals surface area contributed by atoms with Crippen molar-refractivity contribution in [1.29, 1.82) is 0 Å². The molecule has 0 rings (SSSR count). The van der Waals surface area contributed by atoms with E-state index in [0.29, 0.717) is 0 Å². The van der Waals surface area contributed by atoms with Gasteiger partial charge in [-0.1, -0.05) is 0 Å². The molecule has 3 radical (unpaired) electrons. The Labute approximate surface area is 140 Å². The molecule has 0 saturated carbocycles. The molecule has 0 aliphatic rings. The van der Waals surface area contributed by atoms with Crippen LogP contribution in [0.25, 0.3) is 0 Å². The molecule has 0 bridgehead atoms. The third-order valence-electron chi connectivity index (χ3n) is 0. The Morgan fingerprint density at radius 2 is 1.14 bits per heavy atom. The predicted octanol–water partition coefficient (Wildman–Crippen LogP) is -4.73. The molecule has 0 aromatic rings. The summed E-state index contributed by atoms with van der Waals surface area (Å²) in [6.07, 6.45) is 0. The molecule has 0 heterocycles. The second kappa shape index (κ2) is 33.0. The van der Waals surface area contributed by atoms with E-state index in [1.165, 1.54) is 0 Å². The van der Waals surface area contributed by atoms with E-state index >= 15 is 0 Å². The molecule has 0 aromatic carbocycles. The van der Waals surface area contributed by atoms with Crippen molar-refractivity contribution in [2.45, 2.75) is 0 Å².